The molecule has 1 aromatic carbocycles. The number of amides is 2. The molecule has 0 saturated carbocycles. The number of rotatable bonds is 11. The SMILES string of the molecule is COc1nc(-c2ccnc(-c3cccc(NC(=O)c4nc5c(n4C)CCN(Cc4nccs4)C5)c3Cl)c2Cl)ccc1CNC[C@@H]1CCC(=O)N1. The monoisotopic (exact) mass is 731 g/mol. The standard InChI is InChI=1S/C35H35Cl2N9O3S/c1-45-27-11-14-46(19-29-39-13-15-50-29)18-26(27)42-33(45)34(48)43-25-5-3-4-23(30(25)36)32-31(37)22(10-12-40-32)24-8-6-20(35(44-24)49-2)16-38-17-21-7-9-28(47)41-21/h3-6,8,10,12-13,15,21,38H,7,9,11,14,16-19H2,1-2H3,(H,41,47)(H,43,48)/t21-/m0/s1. The Bertz CT molecular complexity index is 2050. The lowest BCUT2D eigenvalue weighted by atomic mass is 10.1. The van der Waals surface area contributed by atoms with Crippen LogP contribution in [-0.2, 0) is 37.9 Å². The van der Waals surface area contributed by atoms with Gasteiger partial charge in [0.15, 0.2) is 5.82 Å². The number of fused-ring (bicyclic) bond motifs is 1. The topological polar surface area (TPSA) is 139 Å². The Morgan fingerprint density at radius 1 is 1.08 bits per heavy atom. The summed E-state index contributed by atoms with van der Waals surface area (Å²) in [5.74, 6) is 0.504. The molecule has 6 heterocycles. The van der Waals surface area contributed by atoms with Crippen LogP contribution in [0.15, 0.2) is 54.2 Å². The van der Waals surface area contributed by atoms with Crippen molar-refractivity contribution in [3.63, 3.8) is 0 Å². The zero-order valence-electron chi connectivity index (χ0n) is 27.5. The van der Waals surface area contributed by atoms with Crippen molar-refractivity contribution in [3.05, 3.63) is 92.0 Å². The van der Waals surface area contributed by atoms with Gasteiger partial charge < -0.3 is 25.3 Å². The highest BCUT2D eigenvalue weighted by Crippen LogP contribution is 2.40. The van der Waals surface area contributed by atoms with Gasteiger partial charge in [0.2, 0.25) is 11.8 Å². The molecule has 0 unspecified atom stereocenters. The van der Waals surface area contributed by atoms with Crippen molar-refractivity contribution in [2.75, 3.05) is 25.5 Å². The van der Waals surface area contributed by atoms with E-state index in [4.69, 9.17) is 37.9 Å². The largest absolute Gasteiger partial charge is 0.481 e. The van der Waals surface area contributed by atoms with Gasteiger partial charge in [-0.2, -0.15) is 0 Å². The Morgan fingerprint density at radius 3 is 2.74 bits per heavy atom. The second-order valence-corrected chi connectivity index (χ2v) is 14.0. The Balaban J connectivity index is 1.07. The lowest BCUT2D eigenvalue weighted by molar-refractivity contribution is -0.119. The summed E-state index contributed by atoms with van der Waals surface area (Å²) in [5, 5.41) is 13.0. The molecule has 0 bridgehead atoms. The predicted molar refractivity (Wildman–Crippen MR) is 193 cm³/mol. The number of nitrogens with one attached hydrogen (secondary N) is 3. The number of imidazole rings is 1. The van der Waals surface area contributed by atoms with E-state index in [9.17, 15) is 9.59 Å². The van der Waals surface area contributed by atoms with Crippen LogP contribution >= 0.6 is 34.5 Å². The molecule has 12 nitrogen and oxygen atoms in total. The molecule has 2 aliphatic rings. The number of halogens is 2. The number of thiazole rings is 1. The molecule has 5 aromatic rings. The lowest BCUT2D eigenvalue weighted by Crippen LogP contribution is -2.35. The lowest BCUT2D eigenvalue weighted by Gasteiger charge is -2.25. The summed E-state index contributed by atoms with van der Waals surface area (Å²) in [6.45, 7) is 3.45. The molecule has 0 aliphatic carbocycles. The number of pyridine rings is 2. The van der Waals surface area contributed by atoms with Crippen molar-refractivity contribution < 1.29 is 14.3 Å². The summed E-state index contributed by atoms with van der Waals surface area (Å²) in [4.78, 5) is 45.8. The maximum atomic E-state index is 13.6. The van der Waals surface area contributed by atoms with Crippen molar-refractivity contribution in [1.82, 2.24) is 40.0 Å². The van der Waals surface area contributed by atoms with Crippen molar-refractivity contribution >= 4 is 52.0 Å². The van der Waals surface area contributed by atoms with Gasteiger partial charge in [0.25, 0.3) is 5.91 Å². The van der Waals surface area contributed by atoms with E-state index < -0.39 is 0 Å². The molecular formula is C35H35Cl2N9O3S. The summed E-state index contributed by atoms with van der Waals surface area (Å²) in [6, 6.07) is 11.1. The molecule has 3 N–H and O–H groups in total. The van der Waals surface area contributed by atoms with E-state index >= 15 is 0 Å². The van der Waals surface area contributed by atoms with Crippen LogP contribution in [0.5, 0.6) is 5.88 Å². The number of benzene rings is 1. The first-order chi connectivity index (χ1) is 24.3. The van der Waals surface area contributed by atoms with Gasteiger partial charge in [0, 0.05) is 92.3 Å². The number of carbonyl (C=O) groups is 2. The highest BCUT2D eigenvalue weighted by atomic mass is 35.5. The third-order valence-electron chi connectivity index (χ3n) is 8.97. The van der Waals surface area contributed by atoms with Gasteiger partial charge in [0.1, 0.15) is 5.01 Å². The van der Waals surface area contributed by atoms with Gasteiger partial charge >= 0.3 is 0 Å². The molecule has 2 aliphatic heterocycles. The van der Waals surface area contributed by atoms with Gasteiger partial charge in [-0.1, -0.05) is 41.4 Å². The molecule has 7 rings (SSSR count). The molecule has 15 heteroatoms. The molecule has 1 saturated heterocycles. The average molecular weight is 733 g/mol. The number of methoxy groups -OCH3 is 1. The zero-order valence-corrected chi connectivity index (χ0v) is 29.8. The zero-order chi connectivity index (χ0) is 34.8. The van der Waals surface area contributed by atoms with E-state index in [0.717, 1.165) is 47.9 Å². The van der Waals surface area contributed by atoms with Crippen LogP contribution < -0.4 is 20.7 Å². The molecule has 4 aromatic heterocycles. The van der Waals surface area contributed by atoms with Crippen LogP contribution in [0.25, 0.3) is 22.5 Å². The van der Waals surface area contributed by atoms with Gasteiger partial charge in [-0.15, -0.1) is 11.3 Å². The fraction of sp³-hybridized carbons (Fsp3) is 0.314. The summed E-state index contributed by atoms with van der Waals surface area (Å²) >= 11 is 15.5. The van der Waals surface area contributed by atoms with Gasteiger partial charge in [-0.05, 0) is 24.6 Å². The first-order valence-corrected chi connectivity index (χ1v) is 17.9. The number of hydrogen-bond donors (Lipinski definition) is 3. The third kappa shape index (κ3) is 7.10. The van der Waals surface area contributed by atoms with Crippen LogP contribution in [0.3, 0.4) is 0 Å². The summed E-state index contributed by atoms with van der Waals surface area (Å²) in [5.41, 5.74) is 5.48. The number of ether oxygens (including phenoxy) is 1. The van der Waals surface area contributed by atoms with E-state index in [2.05, 4.69) is 30.8 Å². The quantitative estimate of drug-likeness (QED) is 0.161. The molecule has 0 spiro atoms. The van der Waals surface area contributed by atoms with Crippen molar-refractivity contribution in [1.29, 1.82) is 0 Å². The maximum absolute atomic E-state index is 13.6. The molecule has 1 atom stereocenters. The van der Waals surface area contributed by atoms with Crippen molar-refractivity contribution in [3.8, 4) is 28.4 Å². The molecule has 0 radical (unpaired) electrons. The summed E-state index contributed by atoms with van der Waals surface area (Å²) < 4.78 is 7.48. The van der Waals surface area contributed by atoms with Crippen molar-refractivity contribution in [2.45, 2.75) is 44.9 Å². The fourth-order valence-electron chi connectivity index (χ4n) is 6.40. The van der Waals surface area contributed by atoms with E-state index in [-0.39, 0.29) is 17.9 Å². The number of hydrogen-bond acceptors (Lipinski definition) is 10. The average Bonchev–Trinajstić information content (AvgIpc) is 3.87. The first kappa shape index (κ1) is 34.1. The highest BCUT2D eigenvalue weighted by molar-refractivity contribution is 7.09. The minimum Gasteiger partial charge on any atom is -0.481 e. The fourth-order valence-corrected chi connectivity index (χ4v) is 7.63. The Labute approximate surface area is 303 Å². The number of aromatic nitrogens is 5. The first-order valence-electron chi connectivity index (χ1n) is 16.2. The van der Waals surface area contributed by atoms with Gasteiger partial charge in [-0.3, -0.25) is 19.5 Å². The number of anilines is 1. The maximum Gasteiger partial charge on any atom is 0.291 e. The molecule has 1 fully saturated rings. The second-order valence-electron chi connectivity index (χ2n) is 12.2. The summed E-state index contributed by atoms with van der Waals surface area (Å²) in [7, 11) is 3.44. The highest BCUT2D eigenvalue weighted by Gasteiger charge is 2.27. The van der Waals surface area contributed by atoms with Crippen LogP contribution in [-0.4, -0.2) is 67.5 Å². The Morgan fingerprint density at radius 2 is 1.96 bits per heavy atom. The van der Waals surface area contributed by atoms with Crippen LogP contribution in [0.4, 0.5) is 5.69 Å². The van der Waals surface area contributed by atoms with Crippen molar-refractivity contribution in [2.24, 2.45) is 7.05 Å². The smallest absolute Gasteiger partial charge is 0.291 e. The predicted octanol–water partition coefficient (Wildman–Crippen LogP) is 5.49. The summed E-state index contributed by atoms with van der Waals surface area (Å²) in [6.07, 6.45) is 5.63. The Hall–Kier alpha value is -4.40. The molecule has 258 valence electrons. The van der Waals surface area contributed by atoms with Crippen LogP contribution in [0, 0.1) is 0 Å². The van der Waals surface area contributed by atoms with Crippen LogP contribution in [0.1, 0.15) is 45.4 Å². The second kappa shape index (κ2) is 14.8. The minimum absolute atomic E-state index is 0.0881. The molecule has 2 amide bonds. The number of carbonyl (C=O) groups excluding carboxylic acids is 2. The van der Waals surface area contributed by atoms with Crippen LogP contribution in [0.2, 0.25) is 10.0 Å². The molecule has 50 heavy (non-hydrogen) atoms. The Kier molecular flexibility index (Phi) is 10.1. The van der Waals surface area contributed by atoms with E-state index in [0.29, 0.717) is 76.0 Å². The van der Waals surface area contributed by atoms with Gasteiger partial charge in [0.05, 0.1) is 46.5 Å². The number of nitrogens with zero attached hydrogens (tertiary/aromatic N) is 6. The van der Waals surface area contributed by atoms with E-state index in [1.165, 1.54) is 0 Å². The third-order valence-corrected chi connectivity index (χ3v) is 10.5. The van der Waals surface area contributed by atoms with E-state index in [1.807, 2.05) is 41.4 Å². The van der Waals surface area contributed by atoms with Gasteiger partial charge in [-0.25, -0.2) is 15.0 Å². The van der Waals surface area contributed by atoms with E-state index in [1.54, 1.807) is 42.8 Å². The normalized spacial score (nSPS) is 15.9. The molecular weight excluding hydrogens is 697 g/mol. The minimum atomic E-state index is -0.362.